The van der Waals surface area contributed by atoms with Crippen molar-refractivity contribution in [3.63, 3.8) is 0 Å². The van der Waals surface area contributed by atoms with Crippen LogP contribution in [-0.4, -0.2) is 18.2 Å². The summed E-state index contributed by atoms with van der Waals surface area (Å²) in [7, 11) is 0. The summed E-state index contributed by atoms with van der Waals surface area (Å²) in [5.74, 6) is 0. The Labute approximate surface area is 105 Å². The molecule has 0 aliphatic rings. The average Bonchev–Trinajstić information content (AvgIpc) is 2.35. The van der Waals surface area contributed by atoms with Gasteiger partial charge in [-0.1, -0.05) is 31.2 Å². The van der Waals surface area contributed by atoms with Gasteiger partial charge >= 0.3 is 0 Å². The van der Waals surface area contributed by atoms with Crippen molar-refractivity contribution in [3.8, 4) is 0 Å². The number of rotatable bonds is 6. The van der Waals surface area contributed by atoms with Gasteiger partial charge in [-0.2, -0.15) is 0 Å². The number of aliphatic hydroxyl groups is 1. The Balaban J connectivity index is 2.81. The SMILES string of the molecule is C=C(C)CN(CC)c1ccc([C@@H](O)CC)cc1. The molecule has 2 heteroatoms. The van der Waals surface area contributed by atoms with E-state index >= 15 is 0 Å². The molecule has 0 unspecified atom stereocenters. The van der Waals surface area contributed by atoms with Crippen LogP contribution in [-0.2, 0) is 0 Å². The second-order valence-corrected chi connectivity index (χ2v) is 4.49. The number of hydrogen-bond acceptors (Lipinski definition) is 2. The van der Waals surface area contributed by atoms with Gasteiger partial charge in [0.1, 0.15) is 0 Å². The predicted octanol–water partition coefficient (Wildman–Crippen LogP) is 3.53. The van der Waals surface area contributed by atoms with Crippen molar-refractivity contribution < 1.29 is 5.11 Å². The van der Waals surface area contributed by atoms with Crippen LogP contribution in [0.15, 0.2) is 36.4 Å². The van der Waals surface area contributed by atoms with Crippen LogP contribution >= 0.6 is 0 Å². The zero-order chi connectivity index (χ0) is 12.8. The van der Waals surface area contributed by atoms with E-state index in [1.54, 1.807) is 0 Å². The van der Waals surface area contributed by atoms with Gasteiger partial charge in [-0.3, -0.25) is 0 Å². The van der Waals surface area contributed by atoms with Crippen molar-refractivity contribution in [2.24, 2.45) is 0 Å². The molecule has 1 aromatic rings. The molecular weight excluding hydrogens is 210 g/mol. The van der Waals surface area contributed by atoms with Gasteiger partial charge in [0.05, 0.1) is 6.10 Å². The van der Waals surface area contributed by atoms with Crippen LogP contribution in [0.25, 0.3) is 0 Å². The van der Waals surface area contributed by atoms with Crippen LogP contribution in [0.2, 0.25) is 0 Å². The Kier molecular flexibility index (Phi) is 5.23. The number of anilines is 1. The molecule has 0 aromatic heterocycles. The fourth-order valence-electron chi connectivity index (χ4n) is 1.85. The first kappa shape index (κ1) is 13.8. The summed E-state index contributed by atoms with van der Waals surface area (Å²) < 4.78 is 0. The molecule has 1 N–H and O–H groups in total. The molecule has 0 amide bonds. The number of aliphatic hydroxyl groups excluding tert-OH is 1. The normalized spacial score (nSPS) is 12.2. The molecule has 1 aromatic carbocycles. The zero-order valence-electron chi connectivity index (χ0n) is 11.1. The molecule has 0 aliphatic carbocycles. The third kappa shape index (κ3) is 3.90. The summed E-state index contributed by atoms with van der Waals surface area (Å²) in [6.45, 7) is 11.9. The highest BCUT2D eigenvalue weighted by atomic mass is 16.3. The van der Waals surface area contributed by atoms with E-state index in [2.05, 4.69) is 30.5 Å². The lowest BCUT2D eigenvalue weighted by Gasteiger charge is -2.23. The summed E-state index contributed by atoms with van der Waals surface area (Å²) in [4.78, 5) is 2.27. The zero-order valence-corrected chi connectivity index (χ0v) is 11.1. The van der Waals surface area contributed by atoms with E-state index < -0.39 is 0 Å². The summed E-state index contributed by atoms with van der Waals surface area (Å²) in [5, 5.41) is 9.73. The Morgan fingerprint density at radius 2 is 1.88 bits per heavy atom. The lowest BCUT2D eigenvalue weighted by molar-refractivity contribution is 0.173. The predicted molar refractivity (Wildman–Crippen MR) is 74.4 cm³/mol. The maximum Gasteiger partial charge on any atom is 0.0787 e. The number of hydrogen-bond donors (Lipinski definition) is 1. The van der Waals surface area contributed by atoms with Gasteiger partial charge in [0.15, 0.2) is 0 Å². The minimum Gasteiger partial charge on any atom is -0.388 e. The third-order valence-electron chi connectivity index (χ3n) is 2.87. The number of benzene rings is 1. The highest BCUT2D eigenvalue weighted by molar-refractivity contribution is 5.48. The van der Waals surface area contributed by atoms with Gasteiger partial charge in [-0.05, 0) is 38.0 Å². The molecule has 2 nitrogen and oxygen atoms in total. The van der Waals surface area contributed by atoms with Gasteiger partial charge in [-0.15, -0.1) is 0 Å². The molecular formula is C15H23NO. The third-order valence-corrected chi connectivity index (χ3v) is 2.87. The Morgan fingerprint density at radius 1 is 1.29 bits per heavy atom. The average molecular weight is 233 g/mol. The Hall–Kier alpha value is -1.28. The van der Waals surface area contributed by atoms with Gasteiger partial charge < -0.3 is 10.0 Å². The molecule has 0 bridgehead atoms. The maximum absolute atomic E-state index is 9.73. The fraction of sp³-hybridized carbons (Fsp3) is 0.467. The fourth-order valence-corrected chi connectivity index (χ4v) is 1.85. The Bertz CT molecular complexity index is 356. The van der Waals surface area contributed by atoms with E-state index in [1.807, 2.05) is 26.0 Å². The molecule has 1 atom stereocenters. The first-order valence-corrected chi connectivity index (χ1v) is 6.25. The van der Waals surface area contributed by atoms with Crippen molar-refractivity contribution >= 4 is 5.69 Å². The largest absolute Gasteiger partial charge is 0.388 e. The van der Waals surface area contributed by atoms with E-state index in [0.717, 1.165) is 30.6 Å². The topological polar surface area (TPSA) is 23.5 Å². The van der Waals surface area contributed by atoms with E-state index in [0.29, 0.717) is 0 Å². The minimum absolute atomic E-state index is 0.347. The molecule has 0 fully saturated rings. The highest BCUT2D eigenvalue weighted by Crippen LogP contribution is 2.21. The van der Waals surface area contributed by atoms with Gasteiger partial charge in [0.2, 0.25) is 0 Å². The molecule has 0 radical (unpaired) electrons. The summed E-state index contributed by atoms with van der Waals surface area (Å²) >= 11 is 0. The molecule has 0 saturated heterocycles. The van der Waals surface area contributed by atoms with Gasteiger partial charge in [0, 0.05) is 18.8 Å². The van der Waals surface area contributed by atoms with Crippen molar-refractivity contribution in [3.05, 3.63) is 42.0 Å². The van der Waals surface area contributed by atoms with Crippen LogP contribution in [0.3, 0.4) is 0 Å². The van der Waals surface area contributed by atoms with E-state index in [4.69, 9.17) is 0 Å². The van der Waals surface area contributed by atoms with Crippen molar-refractivity contribution in [1.82, 2.24) is 0 Å². The summed E-state index contributed by atoms with van der Waals surface area (Å²) in [6.07, 6.45) is 0.406. The lowest BCUT2D eigenvalue weighted by Crippen LogP contribution is -2.24. The van der Waals surface area contributed by atoms with Crippen LogP contribution in [0.4, 0.5) is 5.69 Å². The molecule has 1 rings (SSSR count). The maximum atomic E-state index is 9.73. The minimum atomic E-state index is -0.347. The molecule has 17 heavy (non-hydrogen) atoms. The quantitative estimate of drug-likeness (QED) is 0.760. The van der Waals surface area contributed by atoms with Crippen molar-refractivity contribution in [2.75, 3.05) is 18.0 Å². The monoisotopic (exact) mass is 233 g/mol. The van der Waals surface area contributed by atoms with Gasteiger partial charge in [-0.25, -0.2) is 0 Å². The first-order chi connectivity index (χ1) is 8.08. The molecule has 0 aliphatic heterocycles. The standard InChI is InChI=1S/C15H23NO/c1-5-15(17)13-7-9-14(10-8-13)16(6-2)11-12(3)4/h7-10,15,17H,3,5-6,11H2,1-2,4H3/t15-/m0/s1. The first-order valence-electron chi connectivity index (χ1n) is 6.25. The molecule has 0 heterocycles. The number of nitrogens with zero attached hydrogens (tertiary/aromatic N) is 1. The lowest BCUT2D eigenvalue weighted by atomic mass is 10.1. The van der Waals surface area contributed by atoms with Crippen LogP contribution in [0.1, 0.15) is 38.9 Å². The van der Waals surface area contributed by atoms with Crippen molar-refractivity contribution in [1.29, 1.82) is 0 Å². The molecule has 0 spiro atoms. The summed E-state index contributed by atoms with van der Waals surface area (Å²) in [5.41, 5.74) is 3.33. The van der Waals surface area contributed by atoms with E-state index in [-0.39, 0.29) is 6.10 Å². The summed E-state index contributed by atoms with van der Waals surface area (Å²) in [6, 6.07) is 8.15. The highest BCUT2D eigenvalue weighted by Gasteiger charge is 2.07. The van der Waals surface area contributed by atoms with E-state index in [9.17, 15) is 5.11 Å². The van der Waals surface area contributed by atoms with Crippen LogP contribution < -0.4 is 4.90 Å². The molecule has 0 saturated carbocycles. The van der Waals surface area contributed by atoms with Crippen LogP contribution in [0.5, 0.6) is 0 Å². The van der Waals surface area contributed by atoms with Gasteiger partial charge in [0.25, 0.3) is 0 Å². The van der Waals surface area contributed by atoms with Crippen LogP contribution in [0, 0.1) is 0 Å². The number of likely N-dealkylation sites (N-methyl/N-ethyl adjacent to an activating group) is 1. The Morgan fingerprint density at radius 3 is 2.29 bits per heavy atom. The smallest absolute Gasteiger partial charge is 0.0787 e. The second-order valence-electron chi connectivity index (χ2n) is 4.49. The van der Waals surface area contributed by atoms with Crippen molar-refractivity contribution in [2.45, 2.75) is 33.3 Å². The van der Waals surface area contributed by atoms with E-state index in [1.165, 1.54) is 5.69 Å². The second kappa shape index (κ2) is 6.45. The molecule has 94 valence electrons.